The number of carbonyl (C=O) groups excluding carboxylic acids is 2. The molecular weight excluding hydrogens is 813 g/mol. The molecule has 5 aromatic rings. The molecule has 0 saturated carbocycles. The quantitative estimate of drug-likeness (QED) is 0.0724. The summed E-state index contributed by atoms with van der Waals surface area (Å²) >= 11 is 12.4. The molecule has 14 heteroatoms. The van der Waals surface area contributed by atoms with E-state index in [2.05, 4.69) is 20.4 Å². The van der Waals surface area contributed by atoms with E-state index in [-0.39, 0.29) is 38.2 Å². The number of hydrogen-bond donors (Lipinski definition) is 2. The van der Waals surface area contributed by atoms with Gasteiger partial charge in [-0.3, -0.25) is 10.1 Å². The van der Waals surface area contributed by atoms with Gasteiger partial charge in [0.2, 0.25) is 5.91 Å². The molecule has 1 unspecified atom stereocenters. The molecule has 6 rings (SSSR count). The summed E-state index contributed by atoms with van der Waals surface area (Å²) in [5.74, 6) is -4.23. The van der Waals surface area contributed by atoms with Crippen LogP contribution in [0.15, 0.2) is 88.1 Å². The summed E-state index contributed by atoms with van der Waals surface area (Å²) in [6, 6.07) is 17.2. The minimum atomic E-state index is -1.84. The Hall–Kier alpha value is -5.48. The first-order valence-electron chi connectivity index (χ1n) is 19.5. The standard InChI is InChI=1S/C46H46Cl2F2N4O6/c1-9-54(10-2)28-16-17-29-31(23-39(55)60-36(29)22-28)25(3)59-44(57)26-14-19-35(37(20-26)58-8)52-43(56)42-40(30-12-11-13-33(48)41(30)50)46(51-7,38(53-42)24-45(4,5)6)32-18-15-27(47)21-34(32)49/h11-23,25,38,40,42,53H,9-10,24H2,1-6,8H3,(H,52,56)/t25?,38-,40-,42+,46+/m0/s1. The van der Waals surface area contributed by atoms with Crippen LogP contribution < -0.4 is 25.9 Å². The molecular formula is C46H46Cl2F2N4O6. The van der Waals surface area contributed by atoms with E-state index in [1.165, 1.54) is 61.7 Å². The first-order valence-corrected chi connectivity index (χ1v) is 20.3. The van der Waals surface area contributed by atoms with Crippen LogP contribution in [0.2, 0.25) is 10.0 Å². The zero-order chi connectivity index (χ0) is 43.7. The lowest BCUT2D eigenvalue weighted by Gasteiger charge is -2.33. The molecule has 4 aromatic carbocycles. The first kappa shape index (κ1) is 44.1. The van der Waals surface area contributed by atoms with Crippen LogP contribution in [0.25, 0.3) is 15.8 Å². The Morgan fingerprint density at radius 2 is 1.77 bits per heavy atom. The van der Waals surface area contributed by atoms with Gasteiger partial charge in [0.15, 0.2) is 0 Å². The van der Waals surface area contributed by atoms with E-state index in [4.69, 9.17) is 43.7 Å². The summed E-state index contributed by atoms with van der Waals surface area (Å²) in [7, 11) is 1.36. The highest BCUT2D eigenvalue weighted by molar-refractivity contribution is 6.31. The molecule has 10 nitrogen and oxygen atoms in total. The molecule has 1 aliphatic rings. The number of esters is 1. The van der Waals surface area contributed by atoms with Gasteiger partial charge in [-0.1, -0.05) is 56.1 Å². The lowest BCUT2D eigenvalue weighted by Crippen LogP contribution is -2.44. The summed E-state index contributed by atoms with van der Waals surface area (Å²) in [6.07, 6.45) is -0.570. The molecule has 1 saturated heterocycles. The minimum Gasteiger partial charge on any atom is -0.495 e. The van der Waals surface area contributed by atoms with E-state index in [9.17, 15) is 14.4 Å². The maximum Gasteiger partial charge on any atom is 0.338 e. The van der Waals surface area contributed by atoms with Crippen molar-refractivity contribution in [1.82, 2.24) is 5.32 Å². The average Bonchev–Trinajstić information content (AvgIpc) is 3.51. The van der Waals surface area contributed by atoms with E-state index in [1.807, 2.05) is 46.8 Å². The van der Waals surface area contributed by atoms with Gasteiger partial charge < -0.3 is 29.0 Å². The van der Waals surface area contributed by atoms with Crippen molar-refractivity contribution in [3.8, 4) is 5.75 Å². The predicted octanol–water partition coefficient (Wildman–Crippen LogP) is 10.5. The van der Waals surface area contributed by atoms with Crippen molar-refractivity contribution >= 4 is 57.4 Å². The maximum absolute atomic E-state index is 16.2. The summed E-state index contributed by atoms with van der Waals surface area (Å²) in [6.45, 7) is 21.7. The van der Waals surface area contributed by atoms with Crippen LogP contribution in [0.5, 0.6) is 5.75 Å². The topological polar surface area (TPSA) is 114 Å². The number of fused-ring (bicyclic) bond motifs is 1. The number of ether oxygens (including phenoxy) is 2. The van der Waals surface area contributed by atoms with Gasteiger partial charge in [0.05, 0.1) is 40.9 Å². The molecule has 2 N–H and O–H groups in total. The number of nitrogens with zero attached hydrogens (tertiary/aromatic N) is 2. The first-order chi connectivity index (χ1) is 28.5. The van der Waals surface area contributed by atoms with Crippen LogP contribution in [0.4, 0.5) is 20.2 Å². The van der Waals surface area contributed by atoms with E-state index in [0.29, 0.717) is 23.0 Å². The fourth-order valence-electron chi connectivity index (χ4n) is 8.24. The van der Waals surface area contributed by atoms with E-state index in [0.717, 1.165) is 24.8 Å². The fourth-order valence-corrected chi connectivity index (χ4v) is 8.58. The highest BCUT2D eigenvalue weighted by Gasteiger charge is 2.66. The van der Waals surface area contributed by atoms with Crippen LogP contribution in [0.1, 0.15) is 87.0 Å². The van der Waals surface area contributed by atoms with Crippen molar-refractivity contribution in [3.05, 3.63) is 145 Å². The van der Waals surface area contributed by atoms with Crippen LogP contribution >= 0.6 is 23.2 Å². The van der Waals surface area contributed by atoms with Crippen LogP contribution in [-0.2, 0) is 15.1 Å². The molecule has 5 atom stereocenters. The summed E-state index contributed by atoms with van der Waals surface area (Å²) in [5, 5.41) is 6.63. The molecule has 1 aliphatic heterocycles. The maximum atomic E-state index is 16.2. The van der Waals surface area contributed by atoms with Gasteiger partial charge in [0.25, 0.3) is 5.54 Å². The highest BCUT2D eigenvalue weighted by atomic mass is 35.5. The van der Waals surface area contributed by atoms with Crippen molar-refractivity contribution < 1.29 is 32.3 Å². The third-order valence-corrected chi connectivity index (χ3v) is 11.5. The largest absolute Gasteiger partial charge is 0.495 e. The number of benzene rings is 4. The lowest BCUT2D eigenvalue weighted by molar-refractivity contribution is -0.118. The number of hydrogen-bond acceptors (Lipinski definition) is 8. The number of nitrogens with one attached hydrogen (secondary N) is 2. The number of anilines is 2. The second kappa shape index (κ2) is 17.6. The van der Waals surface area contributed by atoms with E-state index in [1.54, 1.807) is 13.0 Å². The Bertz CT molecular complexity index is 2550. The molecule has 314 valence electrons. The average molecular weight is 860 g/mol. The van der Waals surface area contributed by atoms with Crippen molar-refractivity contribution in [2.45, 2.75) is 77.6 Å². The third-order valence-electron chi connectivity index (χ3n) is 11.0. The SMILES string of the molecule is [C-]#[N+][C@]1(c2ccc(Cl)cc2F)[C@H](CC(C)(C)C)N[C@@H](C(=O)Nc2ccc(C(=O)OC(C)c3cc(=O)oc4cc(N(CC)CC)ccc34)cc2OC)[C@@H]1c1cccc(Cl)c1F. The Kier molecular flexibility index (Phi) is 12.9. The summed E-state index contributed by atoms with van der Waals surface area (Å²) < 4.78 is 49.2. The second-order valence-electron chi connectivity index (χ2n) is 16.0. The third kappa shape index (κ3) is 8.57. The highest BCUT2D eigenvalue weighted by Crippen LogP contribution is 2.54. The van der Waals surface area contributed by atoms with Crippen LogP contribution in [0, 0.1) is 23.6 Å². The Balaban J connectivity index is 1.33. The van der Waals surface area contributed by atoms with Gasteiger partial charge in [0, 0.05) is 52.4 Å². The number of amides is 1. The predicted molar refractivity (Wildman–Crippen MR) is 230 cm³/mol. The number of methoxy groups -OCH3 is 1. The zero-order valence-electron chi connectivity index (χ0n) is 34.3. The molecule has 0 spiro atoms. The Morgan fingerprint density at radius 3 is 2.42 bits per heavy atom. The Morgan fingerprint density at radius 1 is 1.03 bits per heavy atom. The number of rotatable bonds is 12. The van der Waals surface area contributed by atoms with Crippen LogP contribution in [0.3, 0.4) is 0 Å². The van der Waals surface area contributed by atoms with E-state index < -0.39 is 64.2 Å². The fraction of sp³-hybridized carbons (Fsp3) is 0.348. The molecule has 1 fully saturated rings. The second-order valence-corrected chi connectivity index (χ2v) is 16.8. The van der Waals surface area contributed by atoms with Crippen molar-refractivity contribution in [2.24, 2.45) is 5.41 Å². The molecule has 0 aliphatic carbocycles. The molecule has 1 aromatic heterocycles. The van der Waals surface area contributed by atoms with Gasteiger partial charge in [-0.2, -0.15) is 0 Å². The van der Waals surface area contributed by atoms with Crippen LogP contribution in [-0.4, -0.2) is 44.2 Å². The van der Waals surface area contributed by atoms with E-state index >= 15 is 8.78 Å². The molecule has 60 heavy (non-hydrogen) atoms. The monoisotopic (exact) mass is 858 g/mol. The molecule has 2 heterocycles. The van der Waals surface area contributed by atoms with Gasteiger partial charge in [0.1, 0.15) is 35.1 Å². The Labute approximate surface area is 357 Å². The van der Waals surface area contributed by atoms with Gasteiger partial charge in [-0.25, -0.2) is 24.9 Å². The summed E-state index contributed by atoms with van der Waals surface area (Å²) in [4.78, 5) is 47.0. The van der Waals surface area contributed by atoms with Gasteiger partial charge in [-0.15, -0.1) is 0 Å². The van der Waals surface area contributed by atoms with Gasteiger partial charge in [-0.05, 0) is 87.2 Å². The summed E-state index contributed by atoms with van der Waals surface area (Å²) in [5.41, 5.74) is -1.02. The molecule has 1 amide bonds. The number of halogens is 4. The minimum absolute atomic E-state index is 0.0493. The van der Waals surface area contributed by atoms with Crippen molar-refractivity contribution in [1.29, 1.82) is 0 Å². The van der Waals surface area contributed by atoms with Crippen molar-refractivity contribution in [2.75, 3.05) is 30.4 Å². The zero-order valence-corrected chi connectivity index (χ0v) is 35.8. The normalized spacial score (nSPS) is 19.4. The smallest absolute Gasteiger partial charge is 0.338 e. The number of carbonyl (C=O) groups is 2. The van der Waals surface area contributed by atoms with Gasteiger partial charge >= 0.3 is 11.6 Å². The molecule has 0 radical (unpaired) electrons. The molecule has 0 bridgehead atoms. The van der Waals surface area contributed by atoms with Crippen molar-refractivity contribution in [3.63, 3.8) is 0 Å². The lowest BCUT2D eigenvalue weighted by atomic mass is 9.68.